The van der Waals surface area contributed by atoms with Crippen LogP contribution in [0, 0.1) is 0 Å². The first-order valence-electron chi connectivity index (χ1n) is 8.17. The third kappa shape index (κ3) is 2.49. The largest absolute Gasteiger partial charge is 0.370 e. The van der Waals surface area contributed by atoms with Gasteiger partial charge in [-0.3, -0.25) is 0 Å². The number of hydrogen-bond acceptors (Lipinski definition) is 1. The quantitative estimate of drug-likeness (QED) is 0.746. The van der Waals surface area contributed by atoms with Gasteiger partial charge < -0.3 is 9.30 Å². The molecule has 1 saturated carbocycles. The second-order valence-electron chi connectivity index (χ2n) is 6.67. The summed E-state index contributed by atoms with van der Waals surface area (Å²) in [6, 6.07) is 8.25. The maximum atomic E-state index is 6.49. The molecule has 3 heteroatoms. The van der Waals surface area contributed by atoms with E-state index in [9.17, 15) is 0 Å². The zero-order valence-corrected chi connectivity index (χ0v) is 13.1. The molecule has 0 bridgehead atoms. The van der Waals surface area contributed by atoms with Crippen LogP contribution in [0.3, 0.4) is 0 Å². The number of benzene rings is 1. The number of fused-ring (bicyclic) bond motifs is 1. The average Bonchev–Trinajstić information content (AvgIpc) is 3.07. The van der Waals surface area contributed by atoms with Crippen molar-refractivity contribution in [2.45, 2.75) is 63.2 Å². The number of para-hydroxylation sites is 1. The highest BCUT2D eigenvalue weighted by atomic mass is 35.5. The van der Waals surface area contributed by atoms with E-state index in [1.807, 2.05) is 12.1 Å². The van der Waals surface area contributed by atoms with Crippen LogP contribution < -0.4 is 0 Å². The number of rotatable bonds is 2. The Labute approximate surface area is 131 Å². The Kier molecular flexibility index (Phi) is 3.47. The smallest absolute Gasteiger partial charge is 0.0762 e. The third-order valence-corrected chi connectivity index (χ3v) is 5.55. The number of nitrogens with zero attached hydrogens (tertiary/aromatic N) is 1. The van der Waals surface area contributed by atoms with Crippen LogP contribution in [0.25, 0.3) is 10.9 Å². The molecule has 0 N–H and O–H groups in total. The summed E-state index contributed by atoms with van der Waals surface area (Å²) in [5.74, 6) is 0. The lowest BCUT2D eigenvalue weighted by molar-refractivity contribution is -0.0676. The molecule has 1 atom stereocenters. The monoisotopic (exact) mass is 303 g/mol. The van der Waals surface area contributed by atoms with Crippen LogP contribution in [0.1, 0.15) is 44.9 Å². The third-order valence-electron chi connectivity index (χ3n) is 5.24. The summed E-state index contributed by atoms with van der Waals surface area (Å²) in [6.45, 7) is 0.926. The van der Waals surface area contributed by atoms with Crippen molar-refractivity contribution in [2.75, 3.05) is 0 Å². The van der Waals surface area contributed by atoms with E-state index < -0.39 is 0 Å². The minimum absolute atomic E-state index is 0.204. The van der Waals surface area contributed by atoms with Crippen molar-refractivity contribution in [3.05, 3.63) is 35.5 Å². The van der Waals surface area contributed by atoms with Gasteiger partial charge in [0.05, 0.1) is 22.2 Å². The normalized spacial score (nSPS) is 24.9. The van der Waals surface area contributed by atoms with Gasteiger partial charge in [0.1, 0.15) is 0 Å². The SMILES string of the molecule is Clc1cccc2ccn(CC3CCC4(CCCCC4)O3)c12. The lowest BCUT2D eigenvalue weighted by Gasteiger charge is -2.33. The fourth-order valence-electron chi connectivity index (χ4n) is 4.17. The summed E-state index contributed by atoms with van der Waals surface area (Å²) in [4.78, 5) is 0. The fourth-order valence-corrected chi connectivity index (χ4v) is 4.46. The highest BCUT2D eigenvalue weighted by molar-refractivity contribution is 6.35. The molecule has 2 aromatic rings. The lowest BCUT2D eigenvalue weighted by Crippen LogP contribution is -2.32. The van der Waals surface area contributed by atoms with E-state index in [4.69, 9.17) is 16.3 Å². The minimum atomic E-state index is 0.204. The predicted octanol–water partition coefficient (Wildman–Crippen LogP) is 5.18. The molecule has 21 heavy (non-hydrogen) atoms. The zero-order chi connectivity index (χ0) is 14.3. The summed E-state index contributed by atoms with van der Waals surface area (Å²) < 4.78 is 8.76. The van der Waals surface area contributed by atoms with Gasteiger partial charge in [0.2, 0.25) is 0 Å². The van der Waals surface area contributed by atoms with Crippen LogP contribution >= 0.6 is 11.6 Å². The first kappa shape index (κ1) is 13.7. The van der Waals surface area contributed by atoms with Gasteiger partial charge in [-0.2, -0.15) is 0 Å². The molecule has 0 amide bonds. The molecule has 2 fully saturated rings. The molecule has 2 heterocycles. The lowest BCUT2D eigenvalue weighted by atomic mass is 9.83. The van der Waals surface area contributed by atoms with E-state index in [2.05, 4.69) is 22.9 Å². The van der Waals surface area contributed by atoms with Gasteiger partial charge in [0, 0.05) is 18.1 Å². The number of halogens is 1. The summed E-state index contributed by atoms with van der Waals surface area (Å²) >= 11 is 6.37. The zero-order valence-electron chi connectivity index (χ0n) is 12.4. The van der Waals surface area contributed by atoms with Gasteiger partial charge >= 0.3 is 0 Å². The topological polar surface area (TPSA) is 14.2 Å². The van der Waals surface area contributed by atoms with Gasteiger partial charge in [-0.1, -0.05) is 43.0 Å². The van der Waals surface area contributed by atoms with Gasteiger partial charge in [-0.15, -0.1) is 0 Å². The van der Waals surface area contributed by atoms with E-state index in [1.165, 1.54) is 50.3 Å². The molecule has 1 aromatic heterocycles. The summed E-state index contributed by atoms with van der Waals surface area (Å²) in [5.41, 5.74) is 1.35. The Bertz CT molecular complexity index is 642. The Morgan fingerprint density at radius 1 is 1.14 bits per heavy atom. The van der Waals surface area contributed by atoms with Crippen molar-refractivity contribution >= 4 is 22.5 Å². The molecule has 1 unspecified atom stereocenters. The van der Waals surface area contributed by atoms with Gasteiger partial charge in [0.15, 0.2) is 0 Å². The van der Waals surface area contributed by atoms with Crippen LogP contribution in [0.2, 0.25) is 5.02 Å². The van der Waals surface area contributed by atoms with Crippen LogP contribution in [-0.2, 0) is 11.3 Å². The van der Waals surface area contributed by atoms with Crippen LogP contribution in [-0.4, -0.2) is 16.3 Å². The van der Waals surface area contributed by atoms with Crippen molar-refractivity contribution in [1.29, 1.82) is 0 Å². The number of ether oxygens (including phenoxy) is 1. The number of aromatic nitrogens is 1. The van der Waals surface area contributed by atoms with E-state index in [0.29, 0.717) is 6.10 Å². The number of hydrogen-bond donors (Lipinski definition) is 0. The van der Waals surface area contributed by atoms with Crippen LogP contribution in [0.5, 0.6) is 0 Å². The summed E-state index contributed by atoms with van der Waals surface area (Å²) in [7, 11) is 0. The Morgan fingerprint density at radius 2 is 2.00 bits per heavy atom. The second-order valence-corrected chi connectivity index (χ2v) is 7.08. The van der Waals surface area contributed by atoms with Crippen LogP contribution in [0.15, 0.2) is 30.5 Å². The molecule has 4 rings (SSSR count). The maximum absolute atomic E-state index is 6.49. The van der Waals surface area contributed by atoms with E-state index >= 15 is 0 Å². The average molecular weight is 304 g/mol. The predicted molar refractivity (Wildman–Crippen MR) is 86.9 cm³/mol. The molecule has 112 valence electrons. The summed E-state index contributed by atoms with van der Waals surface area (Å²) in [6.07, 6.45) is 11.5. The van der Waals surface area contributed by atoms with Gasteiger partial charge in [-0.25, -0.2) is 0 Å². The van der Waals surface area contributed by atoms with Crippen molar-refractivity contribution < 1.29 is 4.74 Å². The first-order chi connectivity index (χ1) is 10.3. The Hall–Kier alpha value is -0.990. The maximum Gasteiger partial charge on any atom is 0.0762 e. The van der Waals surface area contributed by atoms with E-state index in [-0.39, 0.29) is 5.60 Å². The molecule has 2 aliphatic rings. The Morgan fingerprint density at radius 3 is 2.86 bits per heavy atom. The molecule has 1 saturated heterocycles. The van der Waals surface area contributed by atoms with Crippen molar-refractivity contribution in [3.8, 4) is 0 Å². The molecule has 1 aromatic carbocycles. The Balaban J connectivity index is 1.53. The molecule has 1 aliphatic heterocycles. The van der Waals surface area contributed by atoms with Crippen molar-refractivity contribution in [2.24, 2.45) is 0 Å². The molecular weight excluding hydrogens is 282 g/mol. The molecule has 1 spiro atoms. The van der Waals surface area contributed by atoms with E-state index in [0.717, 1.165) is 17.1 Å². The van der Waals surface area contributed by atoms with Gasteiger partial charge in [-0.05, 0) is 37.8 Å². The van der Waals surface area contributed by atoms with Gasteiger partial charge in [0.25, 0.3) is 0 Å². The summed E-state index contributed by atoms with van der Waals surface area (Å²) in [5, 5.41) is 2.05. The minimum Gasteiger partial charge on any atom is -0.370 e. The van der Waals surface area contributed by atoms with E-state index in [1.54, 1.807) is 0 Å². The van der Waals surface area contributed by atoms with Crippen molar-refractivity contribution in [1.82, 2.24) is 4.57 Å². The molecule has 2 nitrogen and oxygen atoms in total. The molecule has 1 aliphatic carbocycles. The first-order valence-corrected chi connectivity index (χ1v) is 8.55. The highest BCUT2D eigenvalue weighted by Crippen LogP contribution is 2.42. The highest BCUT2D eigenvalue weighted by Gasteiger charge is 2.40. The fraction of sp³-hybridized carbons (Fsp3) is 0.556. The van der Waals surface area contributed by atoms with Crippen molar-refractivity contribution in [3.63, 3.8) is 0 Å². The molecular formula is C18H22ClNO. The molecule has 0 radical (unpaired) electrons. The second kappa shape index (κ2) is 5.33. The van der Waals surface area contributed by atoms with Crippen LogP contribution in [0.4, 0.5) is 0 Å². The standard InChI is InChI=1S/C18H22ClNO/c19-16-6-4-5-14-8-12-20(17(14)16)13-15-7-11-18(21-15)9-2-1-3-10-18/h4-6,8,12,15H,1-3,7,9-11,13H2.